The number of hydrogen-bond acceptors (Lipinski definition) is 7. The number of Topliss-reactive ketones (excluding diaryl/α,β-unsaturated/α-hetero) is 1. The topological polar surface area (TPSA) is 99.5 Å². The average molecular weight is 440 g/mol. The molecule has 0 unspecified atom stereocenters. The Balaban J connectivity index is 2.12. The maximum atomic E-state index is 13.0. The molecular weight excluding hydrogens is 412 g/mol. The molecule has 1 heterocycles. The summed E-state index contributed by atoms with van der Waals surface area (Å²) in [5, 5.41) is 21.1. The molecule has 1 aliphatic heterocycles. The second-order valence-corrected chi connectivity index (χ2v) is 7.81. The highest BCUT2D eigenvalue weighted by Crippen LogP contribution is 2.41. The number of phenols is 1. The average Bonchev–Trinajstić information content (AvgIpc) is 3.02. The Bertz CT molecular complexity index is 1050. The minimum Gasteiger partial charge on any atom is -0.508 e. The van der Waals surface area contributed by atoms with Crippen molar-refractivity contribution >= 4 is 17.4 Å². The fourth-order valence-electron chi connectivity index (χ4n) is 3.85. The van der Waals surface area contributed by atoms with Crippen LogP contribution in [0.5, 0.6) is 17.2 Å². The molecule has 32 heavy (non-hydrogen) atoms. The molecule has 1 aliphatic rings. The molecule has 8 nitrogen and oxygen atoms in total. The van der Waals surface area contributed by atoms with E-state index in [1.54, 1.807) is 30.3 Å². The fourth-order valence-corrected chi connectivity index (χ4v) is 3.85. The van der Waals surface area contributed by atoms with Gasteiger partial charge >= 0.3 is 0 Å². The summed E-state index contributed by atoms with van der Waals surface area (Å²) >= 11 is 0. The molecule has 0 bridgehead atoms. The van der Waals surface area contributed by atoms with Crippen molar-refractivity contribution < 1.29 is 29.3 Å². The smallest absolute Gasteiger partial charge is 0.295 e. The number of hydrogen-bond donors (Lipinski definition) is 2. The van der Waals surface area contributed by atoms with Gasteiger partial charge in [0.25, 0.3) is 11.7 Å². The summed E-state index contributed by atoms with van der Waals surface area (Å²) in [6.45, 7) is 1.05. The number of benzene rings is 2. The molecule has 1 atom stereocenters. The Labute approximate surface area is 187 Å². The molecule has 8 heteroatoms. The number of phenolic OH excluding ortho intramolecular Hbond substituents is 1. The number of aliphatic hydroxyl groups excluding tert-OH is 1. The maximum Gasteiger partial charge on any atom is 0.295 e. The molecular formula is C24H28N2O6. The third kappa shape index (κ3) is 4.55. The van der Waals surface area contributed by atoms with Gasteiger partial charge in [0.05, 0.1) is 25.8 Å². The zero-order valence-corrected chi connectivity index (χ0v) is 18.7. The first-order valence-electron chi connectivity index (χ1n) is 10.2. The standard InChI is InChI=1S/C24H28N2O6/c1-25(2)11-6-12-26-21(15-7-5-8-17(27)13-15)20(23(29)24(26)30)22(28)16-9-10-18(31-3)19(14-16)32-4/h5,7-10,13-14,21,27-28H,6,11-12H2,1-4H3/b22-20+/t21-/m1/s1. The van der Waals surface area contributed by atoms with Gasteiger partial charge in [-0.1, -0.05) is 12.1 Å². The van der Waals surface area contributed by atoms with Gasteiger partial charge in [0, 0.05) is 12.1 Å². The summed E-state index contributed by atoms with van der Waals surface area (Å²) in [4.78, 5) is 29.4. The first kappa shape index (κ1) is 23.1. The Morgan fingerprint density at radius 3 is 2.41 bits per heavy atom. The van der Waals surface area contributed by atoms with E-state index < -0.39 is 17.7 Å². The van der Waals surface area contributed by atoms with Crippen LogP contribution >= 0.6 is 0 Å². The lowest BCUT2D eigenvalue weighted by atomic mass is 9.95. The molecule has 2 aromatic rings. The number of amides is 1. The molecule has 1 saturated heterocycles. The highest BCUT2D eigenvalue weighted by molar-refractivity contribution is 6.46. The van der Waals surface area contributed by atoms with E-state index in [0.717, 1.165) is 6.54 Å². The quantitative estimate of drug-likeness (QED) is 0.370. The monoisotopic (exact) mass is 440 g/mol. The Kier molecular flexibility index (Phi) is 7.05. The molecule has 0 spiro atoms. The summed E-state index contributed by atoms with van der Waals surface area (Å²) < 4.78 is 10.5. The van der Waals surface area contributed by atoms with Crippen molar-refractivity contribution in [2.24, 2.45) is 0 Å². The van der Waals surface area contributed by atoms with Gasteiger partial charge in [-0.3, -0.25) is 9.59 Å². The number of carbonyl (C=O) groups is 2. The van der Waals surface area contributed by atoms with Crippen LogP contribution in [0.25, 0.3) is 5.76 Å². The lowest BCUT2D eigenvalue weighted by Gasteiger charge is -2.26. The number of aromatic hydroxyl groups is 1. The van der Waals surface area contributed by atoms with Crippen LogP contribution in [0, 0.1) is 0 Å². The Morgan fingerprint density at radius 1 is 1.06 bits per heavy atom. The van der Waals surface area contributed by atoms with E-state index >= 15 is 0 Å². The number of carbonyl (C=O) groups excluding carboxylic acids is 2. The minimum absolute atomic E-state index is 0.00694. The molecule has 2 aromatic carbocycles. The van der Waals surface area contributed by atoms with Crippen LogP contribution in [0.4, 0.5) is 0 Å². The third-order valence-electron chi connectivity index (χ3n) is 5.39. The van der Waals surface area contributed by atoms with Crippen molar-refractivity contribution in [3.8, 4) is 17.2 Å². The lowest BCUT2D eigenvalue weighted by molar-refractivity contribution is -0.139. The first-order valence-corrected chi connectivity index (χ1v) is 10.2. The predicted molar refractivity (Wildman–Crippen MR) is 120 cm³/mol. The zero-order chi connectivity index (χ0) is 23.4. The van der Waals surface area contributed by atoms with Gasteiger partial charge in [0.2, 0.25) is 0 Å². The van der Waals surface area contributed by atoms with E-state index in [0.29, 0.717) is 35.6 Å². The Morgan fingerprint density at radius 2 is 1.78 bits per heavy atom. The van der Waals surface area contributed by atoms with Crippen molar-refractivity contribution in [2.75, 3.05) is 41.4 Å². The van der Waals surface area contributed by atoms with Crippen molar-refractivity contribution in [3.05, 3.63) is 59.2 Å². The van der Waals surface area contributed by atoms with Crippen LogP contribution in [-0.2, 0) is 9.59 Å². The van der Waals surface area contributed by atoms with Crippen molar-refractivity contribution in [3.63, 3.8) is 0 Å². The van der Waals surface area contributed by atoms with Gasteiger partial charge < -0.3 is 29.5 Å². The van der Waals surface area contributed by atoms with Gasteiger partial charge in [-0.05, 0) is 63.0 Å². The van der Waals surface area contributed by atoms with Crippen LogP contribution in [0.2, 0.25) is 0 Å². The van der Waals surface area contributed by atoms with Crippen LogP contribution in [0.1, 0.15) is 23.6 Å². The number of aliphatic hydroxyl groups is 1. The number of methoxy groups -OCH3 is 2. The number of rotatable bonds is 8. The van der Waals surface area contributed by atoms with Crippen molar-refractivity contribution in [1.29, 1.82) is 0 Å². The first-order chi connectivity index (χ1) is 15.3. The summed E-state index contributed by atoms with van der Waals surface area (Å²) in [6, 6.07) is 10.3. The van der Waals surface area contributed by atoms with Crippen LogP contribution < -0.4 is 9.47 Å². The van der Waals surface area contributed by atoms with E-state index in [-0.39, 0.29) is 17.1 Å². The highest BCUT2D eigenvalue weighted by Gasteiger charge is 2.45. The van der Waals surface area contributed by atoms with Crippen LogP contribution in [-0.4, -0.2) is 73.1 Å². The number of likely N-dealkylation sites (tertiary alicyclic amines) is 1. The zero-order valence-electron chi connectivity index (χ0n) is 18.7. The van der Waals surface area contributed by atoms with E-state index in [2.05, 4.69) is 0 Å². The number of ether oxygens (including phenoxy) is 2. The predicted octanol–water partition coefficient (Wildman–Crippen LogP) is 2.78. The summed E-state index contributed by atoms with van der Waals surface area (Å²) in [7, 11) is 6.83. The number of nitrogens with zero attached hydrogens (tertiary/aromatic N) is 2. The molecule has 0 saturated carbocycles. The second-order valence-electron chi connectivity index (χ2n) is 7.81. The van der Waals surface area contributed by atoms with E-state index in [1.807, 2.05) is 19.0 Å². The SMILES string of the molecule is COc1ccc(/C(O)=C2\C(=O)C(=O)N(CCCN(C)C)[C@@H]2c2cccc(O)c2)cc1OC. The van der Waals surface area contributed by atoms with Gasteiger partial charge in [-0.15, -0.1) is 0 Å². The normalized spacial score (nSPS) is 17.8. The molecule has 2 N–H and O–H groups in total. The van der Waals surface area contributed by atoms with E-state index in [4.69, 9.17) is 9.47 Å². The molecule has 170 valence electrons. The second kappa shape index (κ2) is 9.74. The van der Waals surface area contributed by atoms with Gasteiger partial charge in [0.1, 0.15) is 11.5 Å². The van der Waals surface area contributed by atoms with E-state index in [9.17, 15) is 19.8 Å². The van der Waals surface area contributed by atoms with Crippen LogP contribution in [0.15, 0.2) is 48.0 Å². The molecule has 0 radical (unpaired) electrons. The molecule has 3 rings (SSSR count). The molecule has 0 aliphatic carbocycles. The van der Waals surface area contributed by atoms with Gasteiger partial charge in [-0.2, -0.15) is 0 Å². The minimum atomic E-state index is -0.822. The number of ketones is 1. The fraction of sp³-hybridized carbons (Fsp3) is 0.333. The molecule has 1 fully saturated rings. The maximum absolute atomic E-state index is 13.0. The molecule has 0 aromatic heterocycles. The van der Waals surface area contributed by atoms with Crippen molar-refractivity contribution in [2.45, 2.75) is 12.5 Å². The van der Waals surface area contributed by atoms with Crippen LogP contribution in [0.3, 0.4) is 0 Å². The van der Waals surface area contributed by atoms with Gasteiger partial charge in [0.15, 0.2) is 11.5 Å². The largest absolute Gasteiger partial charge is 0.508 e. The van der Waals surface area contributed by atoms with Gasteiger partial charge in [-0.25, -0.2) is 0 Å². The highest BCUT2D eigenvalue weighted by atomic mass is 16.5. The van der Waals surface area contributed by atoms with Crippen molar-refractivity contribution in [1.82, 2.24) is 9.80 Å². The third-order valence-corrected chi connectivity index (χ3v) is 5.39. The summed E-state index contributed by atoms with van der Waals surface area (Å²) in [5.41, 5.74) is 0.827. The summed E-state index contributed by atoms with van der Waals surface area (Å²) in [6.07, 6.45) is 0.645. The summed E-state index contributed by atoms with van der Waals surface area (Å²) in [5.74, 6) is -0.904. The molecule has 1 amide bonds. The van der Waals surface area contributed by atoms with E-state index in [1.165, 1.54) is 31.3 Å². The Hall–Kier alpha value is -3.52. The lowest BCUT2D eigenvalue weighted by Crippen LogP contribution is -2.32.